The predicted molar refractivity (Wildman–Crippen MR) is 176 cm³/mol. The normalized spacial score (nSPS) is 10.3. The van der Waals surface area contributed by atoms with Gasteiger partial charge in [-0.25, -0.2) is 0 Å². The monoisotopic (exact) mass is 585 g/mol. The Kier molecular flexibility index (Phi) is 47.9. The molecule has 0 aromatic heterocycles. The molecule has 0 radical (unpaired) electrons. The Morgan fingerprint density at radius 1 is 0.375 bits per heavy atom. The van der Waals surface area contributed by atoms with Gasteiger partial charge in [-0.3, -0.25) is 9.59 Å². The molecule has 0 aliphatic heterocycles. The standard InChI is InChI=1S/C34H66O3.Mg.2H2O.2H/c1-3-5-7-9-11-13-15-17-18-20-22-24-26-28-30-32-34(36)37-33(35)31-29-27-25-23-21-19-16-14-12-10-8-6-4-2;;;;;/h3-32H2,1-2H3;;2*1H2;;/q;+2;;;2*-1. The molecule has 0 heterocycles. The first kappa shape index (κ1) is 46.8. The molecule has 40 heavy (non-hydrogen) atoms. The van der Waals surface area contributed by atoms with Crippen molar-refractivity contribution in [1.82, 2.24) is 0 Å². The Labute approximate surface area is 268 Å². The maximum Gasteiger partial charge on any atom is 2.00 e. The van der Waals surface area contributed by atoms with Crippen LogP contribution in [0.4, 0.5) is 0 Å². The second kappa shape index (κ2) is 41.0. The molecule has 0 amide bonds. The van der Waals surface area contributed by atoms with Gasteiger partial charge in [-0.05, 0) is 12.8 Å². The molecule has 4 N–H and O–H groups in total. The topological polar surface area (TPSA) is 106 Å². The van der Waals surface area contributed by atoms with Gasteiger partial charge in [0.2, 0.25) is 0 Å². The van der Waals surface area contributed by atoms with Crippen molar-refractivity contribution in [2.75, 3.05) is 0 Å². The molecule has 0 unspecified atom stereocenters. The number of unbranched alkanes of at least 4 members (excludes halogenated alkanes) is 26. The van der Waals surface area contributed by atoms with Crippen molar-refractivity contribution in [3.8, 4) is 0 Å². The third-order valence-corrected chi connectivity index (χ3v) is 7.70. The molecule has 240 valence electrons. The number of carbonyl (C=O) groups excluding carboxylic acids is 2. The summed E-state index contributed by atoms with van der Waals surface area (Å²) >= 11 is 0. The minimum Gasteiger partial charge on any atom is -1.00 e. The fourth-order valence-corrected chi connectivity index (χ4v) is 5.16. The van der Waals surface area contributed by atoms with Crippen molar-refractivity contribution >= 4 is 35.0 Å². The van der Waals surface area contributed by atoms with Gasteiger partial charge in [0.25, 0.3) is 0 Å². The maximum absolute atomic E-state index is 11.9. The van der Waals surface area contributed by atoms with Crippen LogP contribution in [-0.4, -0.2) is 45.9 Å². The molecule has 0 aliphatic rings. The number of ether oxygens (including phenoxy) is 1. The van der Waals surface area contributed by atoms with Crippen LogP contribution in [0.3, 0.4) is 0 Å². The van der Waals surface area contributed by atoms with Gasteiger partial charge in [0.05, 0.1) is 0 Å². The smallest absolute Gasteiger partial charge is 1.00 e. The molecular formula is C34H72MgO5. The van der Waals surface area contributed by atoms with Gasteiger partial charge < -0.3 is 18.5 Å². The number of carbonyl (C=O) groups is 2. The van der Waals surface area contributed by atoms with Gasteiger partial charge in [0.15, 0.2) is 0 Å². The van der Waals surface area contributed by atoms with E-state index in [1.807, 2.05) is 0 Å². The molecule has 6 heteroatoms. The van der Waals surface area contributed by atoms with E-state index in [0.717, 1.165) is 25.7 Å². The summed E-state index contributed by atoms with van der Waals surface area (Å²) in [5.74, 6) is -0.650. The van der Waals surface area contributed by atoms with Gasteiger partial charge in [0.1, 0.15) is 0 Å². The van der Waals surface area contributed by atoms with E-state index in [4.69, 9.17) is 4.74 Å². The third kappa shape index (κ3) is 40.0. The summed E-state index contributed by atoms with van der Waals surface area (Å²) in [6.07, 6.45) is 37.2. The van der Waals surface area contributed by atoms with Crippen LogP contribution in [0.15, 0.2) is 0 Å². The molecule has 0 fully saturated rings. The minimum atomic E-state index is -0.325. The zero-order valence-corrected chi connectivity index (χ0v) is 28.6. The van der Waals surface area contributed by atoms with Crippen LogP contribution in [-0.2, 0) is 14.3 Å². The number of rotatable bonds is 30. The predicted octanol–water partition coefficient (Wildman–Crippen LogP) is 9.99. The quantitative estimate of drug-likeness (QED) is 0.0362. The summed E-state index contributed by atoms with van der Waals surface area (Å²) in [7, 11) is 0. The van der Waals surface area contributed by atoms with E-state index in [0.29, 0.717) is 12.8 Å². The first-order chi connectivity index (χ1) is 18.2. The van der Waals surface area contributed by atoms with E-state index in [9.17, 15) is 9.59 Å². The summed E-state index contributed by atoms with van der Waals surface area (Å²) in [4.78, 5) is 23.8. The maximum atomic E-state index is 11.9. The van der Waals surface area contributed by atoms with E-state index in [-0.39, 0.29) is 48.8 Å². The molecular weight excluding hydrogens is 513 g/mol. The third-order valence-electron chi connectivity index (χ3n) is 7.70. The van der Waals surface area contributed by atoms with Crippen LogP contribution in [0.5, 0.6) is 0 Å². The average molecular weight is 585 g/mol. The van der Waals surface area contributed by atoms with Crippen LogP contribution in [0.2, 0.25) is 0 Å². The SMILES string of the molecule is CCCCCCCCCCCCCCCCCC(=O)OC(=O)CCCCCCCCCCCCCCC.O.O.[H-].[H-].[Mg+2]. The van der Waals surface area contributed by atoms with Crippen LogP contribution in [0.1, 0.15) is 209 Å². The Bertz CT molecular complexity index is 499. The molecule has 5 nitrogen and oxygen atoms in total. The molecule has 0 atom stereocenters. The fourth-order valence-electron chi connectivity index (χ4n) is 5.16. The molecule has 0 bridgehead atoms. The minimum absolute atomic E-state index is 0. The van der Waals surface area contributed by atoms with Gasteiger partial charge in [0, 0.05) is 12.8 Å². The van der Waals surface area contributed by atoms with Gasteiger partial charge in [-0.15, -0.1) is 0 Å². The van der Waals surface area contributed by atoms with Crippen LogP contribution in [0.25, 0.3) is 0 Å². The molecule has 0 saturated carbocycles. The van der Waals surface area contributed by atoms with Gasteiger partial charge in [-0.1, -0.05) is 181 Å². The largest absolute Gasteiger partial charge is 2.00 e. The van der Waals surface area contributed by atoms with E-state index < -0.39 is 0 Å². The number of esters is 2. The molecule has 0 spiro atoms. The Morgan fingerprint density at radius 3 is 0.750 bits per heavy atom. The van der Waals surface area contributed by atoms with Crippen molar-refractivity contribution in [1.29, 1.82) is 0 Å². The molecule has 0 aliphatic carbocycles. The van der Waals surface area contributed by atoms with Crippen molar-refractivity contribution in [2.24, 2.45) is 0 Å². The number of hydrogen-bond donors (Lipinski definition) is 0. The van der Waals surface area contributed by atoms with E-state index >= 15 is 0 Å². The summed E-state index contributed by atoms with van der Waals surface area (Å²) < 4.78 is 5.00. The second-order valence-corrected chi connectivity index (χ2v) is 11.5. The Balaban J connectivity index is -0.000000648. The Morgan fingerprint density at radius 2 is 0.550 bits per heavy atom. The van der Waals surface area contributed by atoms with Crippen molar-refractivity contribution in [3.63, 3.8) is 0 Å². The van der Waals surface area contributed by atoms with Crippen molar-refractivity contribution in [3.05, 3.63) is 0 Å². The van der Waals surface area contributed by atoms with Gasteiger partial charge in [-0.2, -0.15) is 0 Å². The van der Waals surface area contributed by atoms with Crippen molar-refractivity contribution in [2.45, 2.75) is 206 Å². The summed E-state index contributed by atoms with van der Waals surface area (Å²) in [5, 5.41) is 0. The fraction of sp³-hybridized carbons (Fsp3) is 0.941. The van der Waals surface area contributed by atoms with Crippen LogP contribution < -0.4 is 0 Å². The molecule has 0 aromatic rings. The summed E-state index contributed by atoms with van der Waals surface area (Å²) in [6, 6.07) is 0. The molecule has 0 rings (SSSR count). The van der Waals surface area contributed by atoms with E-state index in [1.54, 1.807) is 0 Å². The molecule has 0 saturated heterocycles. The second-order valence-electron chi connectivity index (χ2n) is 11.5. The zero-order valence-electron chi connectivity index (χ0n) is 29.1. The summed E-state index contributed by atoms with van der Waals surface area (Å²) in [6.45, 7) is 4.55. The first-order valence-corrected chi connectivity index (χ1v) is 16.9. The van der Waals surface area contributed by atoms with Crippen LogP contribution in [0, 0.1) is 0 Å². The average Bonchev–Trinajstić information content (AvgIpc) is 2.89. The first-order valence-electron chi connectivity index (χ1n) is 16.9. The Hall–Kier alpha value is -0.174. The van der Waals surface area contributed by atoms with Gasteiger partial charge >= 0.3 is 35.0 Å². The summed E-state index contributed by atoms with van der Waals surface area (Å²) in [5.41, 5.74) is 0. The molecule has 0 aromatic carbocycles. The van der Waals surface area contributed by atoms with Crippen molar-refractivity contribution < 1.29 is 28.1 Å². The number of hydrogen-bond acceptors (Lipinski definition) is 3. The van der Waals surface area contributed by atoms with E-state index in [2.05, 4.69) is 13.8 Å². The van der Waals surface area contributed by atoms with E-state index in [1.165, 1.54) is 154 Å². The van der Waals surface area contributed by atoms with Crippen LogP contribution >= 0.6 is 0 Å². The zero-order chi connectivity index (χ0) is 27.1.